The maximum Gasteiger partial charge on any atom is 0.209 e. The molecule has 1 aromatic rings. The van der Waals surface area contributed by atoms with Crippen LogP contribution in [0.3, 0.4) is 0 Å². The van der Waals surface area contributed by atoms with Crippen molar-refractivity contribution in [1.29, 1.82) is 0 Å². The van der Waals surface area contributed by atoms with Crippen molar-refractivity contribution in [3.8, 4) is 0 Å². The summed E-state index contributed by atoms with van der Waals surface area (Å²) in [5.74, 6) is 0. The largest absolute Gasteiger partial charge is 0.294 e. The number of rotatable bonds is 4. The van der Waals surface area contributed by atoms with E-state index in [0.29, 0.717) is 5.41 Å². The fraction of sp³-hybridized carbons (Fsp3) is 0.647. The fourth-order valence-corrected chi connectivity index (χ4v) is 4.83. The van der Waals surface area contributed by atoms with Gasteiger partial charge >= 0.3 is 0 Å². The van der Waals surface area contributed by atoms with Gasteiger partial charge in [0.05, 0.1) is 6.26 Å². The van der Waals surface area contributed by atoms with Crippen molar-refractivity contribution in [2.24, 2.45) is 5.41 Å². The maximum absolute atomic E-state index is 11.7. The first-order valence-electron chi connectivity index (χ1n) is 8.12. The zero-order chi connectivity index (χ0) is 15.8. The summed E-state index contributed by atoms with van der Waals surface area (Å²) in [6.07, 6.45) is 5.98. The van der Waals surface area contributed by atoms with Gasteiger partial charge in [0.15, 0.2) is 0 Å². The molecule has 1 N–H and O–H groups in total. The summed E-state index contributed by atoms with van der Waals surface area (Å²) in [5.41, 5.74) is 1.62. The molecule has 1 spiro atoms. The van der Waals surface area contributed by atoms with E-state index in [1.54, 1.807) is 0 Å². The van der Waals surface area contributed by atoms with Crippen LogP contribution in [0.25, 0.3) is 0 Å². The second kappa shape index (κ2) is 5.95. The van der Waals surface area contributed by atoms with Crippen LogP contribution in [0.2, 0.25) is 0 Å². The molecule has 5 heteroatoms. The SMILES string of the molecule is C[C@@H]1[C@@H](NS(C)(=O)=O)CC2(CCC2)CN1Cc1ccccc1. The number of sulfonamides is 1. The molecule has 22 heavy (non-hydrogen) atoms. The number of hydrogen-bond acceptors (Lipinski definition) is 3. The highest BCUT2D eigenvalue weighted by Gasteiger charge is 2.47. The van der Waals surface area contributed by atoms with Gasteiger partial charge in [0, 0.05) is 25.2 Å². The van der Waals surface area contributed by atoms with Crippen LogP contribution < -0.4 is 4.72 Å². The van der Waals surface area contributed by atoms with Crippen LogP contribution in [0.4, 0.5) is 0 Å². The van der Waals surface area contributed by atoms with Crippen LogP contribution in [0, 0.1) is 5.41 Å². The molecular formula is C17H26N2O2S. The van der Waals surface area contributed by atoms with Crippen molar-refractivity contribution in [3.05, 3.63) is 35.9 Å². The molecule has 2 aliphatic rings. The Morgan fingerprint density at radius 3 is 2.50 bits per heavy atom. The minimum Gasteiger partial charge on any atom is -0.294 e. The van der Waals surface area contributed by atoms with Crippen LogP contribution in [-0.4, -0.2) is 38.2 Å². The van der Waals surface area contributed by atoms with Gasteiger partial charge in [-0.1, -0.05) is 36.8 Å². The smallest absolute Gasteiger partial charge is 0.209 e. The molecule has 1 heterocycles. The number of piperidine rings is 1. The molecule has 2 fully saturated rings. The van der Waals surface area contributed by atoms with Gasteiger partial charge in [0.2, 0.25) is 10.0 Å². The van der Waals surface area contributed by atoms with Crippen molar-refractivity contribution in [2.75, 3.05) is 12.8 Å². The Bertz CT molecular complexity index is 611. The molecular weight excluding hydrogens is 296 g/mol. The number of hydrogen-bond donors (Lipinski definition) is 1. The summed E-state index contributed by atoms with van der Waals surface area (Å²) >= 11 is 0. The molecule has 1 aromatic carbocycles. The van der Waals surface area contributed by atoms with Gasteiger partial charge in [-0.05, 0) is 37.2 Å². The Balaban J connectivity index is 1.78. The number of benzene rings is 1. The Kier molecular flexibility index (Phi) is 4.32. The molecule has 0 unspecified atom stereocenters. The number of nitrogens with zero attached hydrogens (tertiary/aromatic N) is 1. The van der Waals surface area contributed by atoms with E-state index < -0.39 is 10.0 Å². The minimum absolute atomic E-state index is 0.0211. The maximum atomic E-state index is 11.7. The van der Waals surface area contributed by atoms with Crippen LogP contribution in [0.15, 0.2) is 30.3 Å². The highest BCUT2D eigenvalue weighted by molar-refractivity contribution is 7.88. The van der Waals surface area contributed by atoms with E-state index in [2.05, 4.69) is 40.8 Å². The van der Waals surface area contributed by atoms with E-state index in [1.807, 2.05) is 6.07 Å². The fourth-order valence-electron chi connectivity index (χ4n) is 4.00. The summed E-state index contributed by atoms with van der Waals surface area (Å²) in [7, 11) is -3.16. The van der Waals surface area contributed by atoms with Crippen molar-refractivity contribution in [3.63, 3.8) is 0 Å². The summed E-state index contributed by atoms with van der Waals surface area (Å²) in [4.78, 5) is 2.46. The van der Waals surface area contributed by atoms with Gasteiger partial charge in [-0.25, -0.2) is 13.1 Å². The zero-order valence-electron chi connectivity index (χ0n) is 13.5. The average Bonchev–Trinajstić information content (AvgIpc) is 2.41. The first-order valence-corrected chi connectivity index (χ1v) is 10.0. The quantitative estimate of drug-likeness (QED) is 0.926. The Hall–Kier alpha value is -0.910. The predicted octanol–water partition coefficient (Wildman–Crippen LogP) is 2.37. The van der Waals surface area contributed by atoms with E-state index in [1.165, 1.54) is 31.1 Å². The van der Waals surface area contributed by atoms with Gasteiger partial charge in [-0.15, -0.1) is 0 Å². The van der Waals surface area contributed by atoms with Gasteiger partial charge in [-0.3, -0.25) is 4.90 Å². The summed E-state index contributed by atoms with van der Waals surface area (Å²) < 4.78 is 26.3. The molecule has 122 valence electrons. The Morgan fingerprint density at radius 1 is 1.27 bits per heavy atom. The molecule has 1 saturated heterocycles. The second-order valence-corrected chi connectivity index (χ2v) is 8.97. The summed E-state index contributed by atoms with van der Waals surface area (Å²) in [6, 6.07) is 10.7. The van der Waals surface area contributed by atoms with Gasteiger partial charge in [0.1, 0.15) is 0 Å². The molecule has 1 aliphatic heterocycles. The van der Waals surface area contributed by atoms with E-state index in [0.717, 1.165) is 19.5 Å². The van der Waals surface area contributed by atoms with Crippen LogP contribution in [-0.2, 0) is 16.6 Å². The molecule has 1 saturated carbocycles. The van der Waals surface area contributed by atoms with E-state index in [4.69, 9.17) is 0 Å². The lowest BCUT2D eigenvalue weighted by Crippen LogP contribution is -2.61. The normalized spacial score (nSPS) is 28.5. The molecule has 0 aromatic heterocycles. The molecule has 3 rings (SSSR count). The van der Waals surface area contributed by atoms with Crippen molar-refractivity contribution < 1.29 is 8.42 Å². The van der Waals surface area contributed by atoms with Gasteiger partial charge in [0.25, 0.3) is 0 Å². The third-order valence-electron chi connectivity index (χ3n) is 5.36. The van der Waals surface area contributed by atoms with Gasteiger partial charge in [-0.2, -0.15) is 0 Å². The lowest BCUT2D eigenvalue weighted by molar-refractivity contribution is -0.0258. The van der Waals surface area contributed by atoms with Gasteiger partial charge < -0.3 is 0 Å². The van der Waals surface area contributed by atoms with E-state index >= 15 is 0 Å². The predicted molar refractivity (Wildman–Crippen MR) is 89.0 cm³/mol. The highest BCUT2D eigenvalue weighted by Crippen LogP contribution is 2.49. The number of nitrogens with one attached hydrogen (secondary N) is 1. The third-order valence-corrected chi connectivity index (χ3v) is 6.09. The minimum atomic E-state index is -3.16. The first kappa shape index (κ1) is 16.0. The summed E-state index contributed by atoms with van der Waals surface area (Å²) in [5, 5.41) is 0. The lowest BCUT2D eigenvalue weighted by atomic mass is 9.62. The first-order chi connectivity index (χ1) is 10.4. The number of likely N-dealkylation sites (tertiary alicyclic amines) is 1. The van der Waals surface area contributed by atoms with E-state index in [-0.39, 0.29) is 12.1 Å². The topological polar surface area (TPSA) is 49.4 Å². The monoisotopic (exact) mass is 322 g/mol. The molecule has 0 bridgehead atoms. The van der Waals surface area contributed by atoms with Crippen LogP contribution >= 0.6 is 0 Å². The summed E-state index contributed by atoms with van der Waals surface area (Å²) in [6.45, 7) is 4.13. The third kappa shape index (κ3) is 3.53. The molecule has 0 amide bonds. The average molecular weight is 322 g/mol. The van der Waals surface area contributed by atoms with Crippen LogP contribution in [0.5, 0.6) is 0 Å². The van der Waals surface area contributed by atoms with Crippen molar-refractivity contribution >= 4 is 10.0 Å². The highest BCUT2D eigenvalue weighted by atomic mass is 32.2. The molecule has 4 nitrogen and oxygen atoms in total. The Morgan fingerprint density at radius 2 is 1.95 bits per heavy atom. The molecule has 0 radical (unpaired) electrons. The van der Waals surface area contributed by atoms with E-state index in [9.17, 15) is 8.42 Å². The molecule has 1 aliphatic carbocycles. The zero-order valence-corrected chi connectivity index (χ0v) is 14.3. The molecule has 2 atom stereocenters. The second-order valence-electron chi connectivity index (χ2n) is 7.19. The van der Waals surface area contributed by atoms with Crippen LogP contribution in [0.1, 0.15) is 38.2 Å². The lowest BCUT2D eigenvalue weighted by Gasteiger charge is -2.54. The Labute approximate surface area is 134 Å². The standard InChI is InChI=1S/C17H26N2O2S/c1-14-16(18-22(2,20)21)11-17(9-6-10-17)13-19(14)12-15-7-4-3-5-8-15/h3-5,7-8,14,16,18H,6,9-13H2,1-2H3/t14-,16+/m1/s1. The van der Waals surface area contributed by atoms with Crippen molar-refractivity contribution in [2.45, 2.75) is 51.2 Å². The van der Waals surface area contributed by atoms with Crippen molar-refractivity contribution in [1.82, 2.24) is 9.62 Å².